The number of nitrogens with one attached hydrogen (secondary N) is 1. The van der Waals surface area contributed by atoms with E-state index in [4.69, 9.17) is 11.6 Å². The van der Waals surface area contributed by atoms with Crippen LogP contribution >= 0.6 is 11.6 Å². The van der Waals surface area contributed by atoms with E-state index in [9.17, 15) is 27.5 Å². The monoisotopic (exact) mass is 487 g/mol. The van der Waals surface area contributed by atoms with Gasteiger partial charge < -0.3 is 15.3 Å². The summed E-state index contributed by atoms with van der Waals surface area (Å²) in [4.78, 5) is 18.5. The van der Waals surface area contributed by atoms with Gasteiger partial charge in [0.25, 0.3) is 0 Å². The fourth-order valence-corrected chi connectivity index (χ4v) is 4.33. The van der Waals surface area contributed by atoms with Crippen LogP contribution in [0.15, 0.2) is 36.7 Å². The van der Waals surface area contributed by atoms with Gasteiger partial charge in [-0.15, -0.1) is 0 Å². The van der Waals surface area contributed by atoms with E-state index in [1.165, 1.54) is 24.5 Å². The fourth-order valence-electron chi connectivity index (χ4n) is 4.10. The highest BCUT2D eigenvalue weighted by Gasteiger charge is 2.67. The van der Waals surface area contributed by atoms with Crippen LogP contribution in [0.5, 0.6) is 5.75 Å². The minimum atomic E-state index is -4.42. The smallest absolute Gasteiger partial charge is 0.395 e. The van der Waals surface area contributed by atoms with Gasteiger partial charge in [0.1, 0.15) is 0 Å². The number of halogens is 5. The van der Waals surface area contributed by atoms with Crippen molar-refractivity contribution in [3.8, 4) is 5.75 Å². The third-order valence-corrected chi connectivity index (χ3v) is 6.77. The SMILES string of the molecule is CN(C)[C@H](CNC(=O)C[C@H](c1cccnc1)C1(C(F)(F)F)CC1)Cc1ccc(O)c(F)c1Cl. The number of hydrogen-bond acceptors (Lipinski definition) is 4. The molecule has 2 atom stereocenters. The molecule has 0 unspecified atom stereocenters. The summed E-state index contributed by atoms with van der Waals surface area (Å²) in [6.45, 7) is 0.128. The van der Waals surface area contributed by atoms with Crippen LogP contribution < -0.4 is 5.32 Å². The lowest BCUT2D eigenvalue weighted by Gasteiger charge is -2.30. The molecule has 1 aromatic carbocycles. The number of likely N-dealkylation sites (N-methyl/N-ethyl adjacent to an activating group) is 1. The Morgan fingerprint density at radius 3 is 2.55 bits per heavy atom. The number of aromatic nitrogens is 1. The Balaban J connectivity index is 1.70. The van der Waals surface area contributed by atoms with Crippen LogP contribution in [0.3, 0.4) is 0 Å². The maximum Gasteiger partial charge on any atom is 0.395 e. The number of carbonyl (C=O) groups excluding carboxylic acids is 1. The average molecular weight is 488 g/mol. The Morgan fingerprint density at radius 1 is 1.30 bits per heavy atom. The number of hydrogen-bond donors (Lipinski definition) is 2. The minimum Gasteiger partial charge on any atom is -0.505 e. The van der Waals surface area contributed by atoms with Crippen molar-refractivity contribution in [3.63, 3.8) is 0 Å². The number of amides is 1. The van der Waals surface area contributed by atoms with E-state index in [1.807, 2.05) is 0 Å². The maximum absolute atomic E-state index is 13.9. The highest BCUT2D eigenvalue weighted by Crippen LogP contribution is 2.66. The Bertz CT molecular complexity index is 982. The molecule has 0 bridgehead atoms. The van der Waals surface area contributed by atoms with E-state index in [2.05, 4.69) is 10.3 Å². The number of pyridine rings is 1. The van der Waals surface area contributed by atoms with Gasteiger partial charge in [0.05, 0.1) is 10.4 Å². The Morgan fingerprint density at radius 2 is 2.00 bits per heavy atom. The van der Waals surface area contributed by atoms with Crippen LogP contribution in [0.1, 0.15) is 36.3 Å². The molecule has 0 radical (unpaired) electrons. The van der Waals surface area contributed by atoms with Crippen LogP contribution in [-0.4, -0.2) is 53.8 Å². The Kier molecular flexibility index (Phi) is 7.53. The van der Waals surface area contributed by atoms with Crippen LogP contribution in [0.4, 0.5) is 17.6 Å². The van der Waals surface area contributed by atoms with Crippen LogP contribution in [0.2, 0.25) is 5.02 Å². The molecule has 1 amide bonds. The van der Waals surface area contributed by atoms with Gasteiger partial charge in [0.15, 0.2) is 11.6 Å². The molecule has 0 aliphatic heterocycles. The molecular formula is C23H26ClF4N3O2. The number of phenolic OH excluding ortho intramolecular Hbond substituents is 1. The van der Waals surface area contributed by atoms with Crippen molar-refractivity contribution in [3.05, 3.63) is 58.6 Å². The quantitative estimate of drug-likeness (QED) is 0.504. The zero-order valence-electron chi connectivity index (χ0n) is 18.3. The highest BCUT2D eigenvalue weighted by molar-refractivity contribution is 6.31. The first-order valence-electron chi connectivity index (χ1n) is 10.5. The molecule has 2 aromatic rings. The lowest BCUT2D eigenvalue weighted by atomic mass is 9.80. The summed E-state index contributed by atoms with van der Waals surface area (Å²) < 4.78 is 55.4. The molecule has 1 saturated carbocycles. The van der Waals surface area contributed by atoms with Crippen LogP contribution in [-0.2, 0) is 11.2 Å². The van der Waals surface area contributed by atoms with Crippen molar-refractivity contribution in [1.29, 1.82) is 0 Å². The van der Waals surface area contributed by atoms with Crippen LogP contribution in [0.25, 0.3) is 0 Å². The number of alkyl halides is 3. The molecule has 10 heteroatoms. The molecule has 33 heavy (non-hydrogen) atoms. The number of phenols is 1. The average Bonchev–Trinajstić information content (AvgIpc) is 3.57. The van der Waals surface area contributed by atoms with Crippen molar-refractivity contribution in [1.82, 2.24) is 15.2 Å². The highest BCUT2D eigenvalue weighted by atomic mass is 35.5. The van der Waals surface area contributed by atoms with Crippen molar-refractivity contribution in [2.24, 2.45) is 5.41 Å². The second-order valence-electron chi connectivity index (χ2n) is 8.69. The van der Waals surface area contributed by atoms with Crippen molar-refractivity contribution in [2.75, 3.05) is 20.6 Å². The van der Waals surface area contributed by atoms with Gasteiger partial charge in [0.2, 0.25) is 5.91 Å². The maximum atomic E-state index is 13.9. The summed E-state index contributed by atoms with van der Waals surface area (Å²) >= 11 is 5.99. The minimum absolute atomic E-state index is 0.0193. The molecule has 1 aromatic heterocycles. The van der Waals surface area contributed by atoms with E-state index < -0.39 is 35.0 Å². The molecule has 1 fully saturated rings. The summed E-state index contributed by atoms with van der Waals surface area (Å²) in [5.74, 6) is -3.01. The van der Waals surface area contributed by atoms with Gasteiger partial charge >= 0.3 is 6.18 Å². The molecule has 1 aliphatic rings. The first kappa shape index (κ1) is 25.2. The molecule has 0 saturated heterocycles. The molecule has 5 nitrogen and oxygen atoms in total. The van der Waals surface area contributed by atoms with Crippen LogP contribution in [0, 0.1) is 11.2 Å². The van der Waals surface area contributed by atoms with E-state index in [1.54, 1.807) is 31.1 Å². The van der Waals surface area contributed by atoms with Gasteiger partial charge in [-0.1, -0.05) is 23.7 Å². The number of rotatable bonds is 9. The van der Waals surface area contributed by atoms with Gasteiger partial charge in [-0.3, -0.25) is 9.78 Å². The first-order chi connectivity index (χ1) is 15.5. The number of aromatic hydroxyl groups is 1. The zero-order valence-corrected chi connectivity index (χ0v) is 19.0. The van der Waals surface area contributed by atoms with Gasteiger partial charge in [0, 0.05) is 37.3 Å². The number of carbonyl (C=O) groups is 1. The van der Waals surface area contributed by atoms with Gasteiger partial charge in [-0.25, -0.2) is 4.39 Å². The lowest BCUT2D eigenvalue weighted by molar-refractivity contribution is -0.194. The number of nitrogens with zero attached hydrogens (tertiary/aromatic N) is 2. The predicted octanol–water partition coefficient (Wildman–Crippen LogP) is 4.69. The van der Waals surface area contributed by atoms with Crippen molar-refractivity contribution in [2.45, 2.75) is 43.8 Å². The van der Waals surface area contributed by atoms with Crippen molar-refractivity contribution < 1.29 is 27.5 Å². The summed E-state index contributed by atoms with van der Waals surface area (Å²) in [7, 11) is 3.53. The molecule has 1 heterocycles. The van der Waals surface area contributed by atoms with E-state index in [0.29, 0.717) is 11.1 Å². The first-order valence-corrected chi connectivity index (χ1v) is 10.9. The summed E-state index contributed by atoms with van der Waals surface area (Å²) in [5, 5.41) is 12.0. The fraction of sp³-hybridized carbons (Fsp3) is 0.478. The second kappa shape index (κ2) is 9.85. The molecule has 2 N–H and O–H groups in total. The number of benzene rings is 1. The van der Waals surface area contributed by atoms with E-state index in [-0.39, 0.29) is 43.3 Å². The summed E-state index contributed by atoms with van der Waals surface area (Å²) in [6.07, 6.45) is -1.65. The standard InChI is InChI=1S/C23H26ClF4N3O2/c1-31(2)16(10-14-5-6-18(32)21(25)20(14)24)13-30-19(33)11-17(15-4-3-9-29-12-15)22(7-8-22)23(26,27)28/h3-6,9,12,16-17,32H,7-8,10-11,13H2,1-2H3,(H,30,33)/t16-,17+/m0/s1. The molecule has 0 spiro atoms. The lowest BCUT2D eigenvalue weighted by Crippen LogP contribution is -2.42. The molecule has 180 valence electrons. The predicted molar refractivity (Wildman–Crippen MR) is 117 cm³/mol. The Hall–Kier alpha value is -2.39. The summed E-state index contributed by atoms with van der Waals surface area (Å²) in [5.41, 5.74) is -1.08. The van der Waals surface area contributed by atoms with E-state index in [0.717, 1.165) is 0 Å². The third-order valence-electron chi connectivity index (χ3n) is 6.36. The molecule has 3 rings (SSSR count). The van der Waals surface area contributed by atoms with Gasteiger partial charge in [-0.2, -0.15) is 13.2 Å². The second-order valence-corrected chi connectivity index (χ2v) is 9.07. The summed E-state index contributed by atoms with van der Waals surface area (Å²) in [6, 6.07) is 5.53. The molecule has 1 aliphatic carbocycles. The third kappa shape index (κ3) is 5.58. The Labute approximate surface area is 194 Å². The zero-order chi connectivity index (χ0) is 24.4. The topological polar surface area (TPSA) is 65.5 Å². The van der Waals surface area contributed by atoms with E-state index >= 15 is 0 Å². The largest absolute Gasteiger partial charge is 0.505 e. The van der Waals surface area contributed by atoms with Crippen molar-refractivity contribution >= 4 is 17.5 Å². The van der Waals surface area contributed by atoms with Gasteiger partial charge in [-0.05, 0) is 56.6 Å². The molecular weight excluding hydrogens is 462 g/mol. The normalized spacial score (nSPS) is 17.0.